The van der Waals surface area contributed by atoms with Gasteiger partial charge < -0.3 is 34.6 Å². The summed E-state index contributed by atoms with van der Waals surface area (Å²) in [5.74, 6) is 0.900. The van der Waals surface area contributed by atoms with E-state index in [9.17, 15) is 0 Å². The van der Waals surface area contributed by atoms with Crippen LogP contribution in [0.15, 0.2) is 0 Å². The van der Waals surface area contributed by atoms with E-state index in [4.69, 9.17) is 0 Å². The molecule has 17 heavy (non-hydrogen) atoms. The zero-order valence-electron chi connectivity index (χ0n) is 12.0. The minimum atomic E-state index is 0. The van der Waals surface area contributed by atoms with Crippen LogP contribution in [-0.4, -0.2) is 0 Å². The molecule has 0 heterocycles. The molecule has 0 N–H and O–H groups in total. The minimum Gasteiger partial charge on any atom is -0.372 e. The van der Waals surface area contributed by atoms with E-state index in [-0.39, 0.29) is 169 Å². The number of hydrogen-bond donors (Lipinski definition) is 0. The van der Waals surface area contributed by atoms with Crippen LogP contribution in [0.2, 0.25) is 0 Å². The largest absolute Gasteiger partial charge is 2.00 e. The van der Waals surface area contributed by atoms with Crippen molar-refractivity contribution in [3.8, 4) is 0 Å². The van der Waals surface area contributed by atoms with Gasteiger partial charge in [0, 0.05) is 131 Å². The second-order valence-corrected chi connectivity index (χ2v) is 2.89. The zero-order valence-corrected chi connectivity index (χ0v) is 27.6. The normalized spacial score (nSPS) is 7.59. The fraction of sp³-hybridized carbons (Fsp3) is 0.667. The molecule has 0 aromatic carbocycles. The molecule has 0 bridgehead atoms. The molecule has 92 valence electrons. The third kappa shape index (κ3) is 61.9. The second-order valence-electron chi connectivity index (χ2n) is 2.89. The molecular formula is C12H26UY4-2. The molecule has 0 amide bonds. The Morgan fingerprint density at radius 3 is 1.35 bits per heavy atom. The molecule has 1 atom stereocenters. The molecule has 0 aromatic heterocycles. The van der Waals surface area contributed by atoms with E-state index in [0.717, 1.165) is 18.8 Å². The van der Waals surface area contributed by atoms with Gasteiger partial charge in [-0.05, 0) is 5.92 Å². The van der Waals surface area contributed by atoms with E-state index >= 15 is 0 Å². The van der Waals surface area contributed by atoms with E-state index in [2.05, 4.69) is 34.6 Å². The summed E-state index contributed by atoms with van der Waals surface area (Å²) in [6, 6.07) is 0. The van der Waals surface area contributed by atoms with Gasteiger partial charge in [0.2, 0.25) is 0 Å². The summed E-state index contributed by atoms with van der Waals surface area (Å²) in [4.78, 5) is 0. The average molecular weight is 764 g/mol. The van der Waals surface area contributed by atoms with Crippen LogP contribution in [0.5, 0.6) is 0 Å². The Morgan fingerprint density at radius 2 is 1.18 bits per heavy atom. The van der Waals surface area contributed by atoms with E-state index in [1.807, 2.05) is 0 Å². The predicted octanol–water partition coefficient (Wildman–Crippen LogP) is 4.52. The maximum absolute atomic E-state index is 3.81. The van der Waals surface area contributed by atoms with Crippen LogP contribution in [0.4, 0.5) is 0 Å². The van der Waals surface area contributed by atoms with Crippen molar-refractivity contribution in [2.75, 3.05) is 0 Å². The molecule has 0 saturated heterocycles. The van der Waals surface area contributed by atoms with Crippen LogP contribution in [0, 0.1) is 65.2 Å². The molecule has 0 nitrogen and oxygen atoms in total. The maximum Gasteiger partial charge on any atom is 2.00 e. The standard InChI is InChI=1S/C8H17.C3H6.CH3.U.4Y/c1-4-6-8(3)7-5-2;1-3-2;;;;;;/h8H,1,4-7H2,2-3H3;1-3H2;1H3;;;;;/q-1;-2;-1;+2;;;;. The molecule has 0 rings (SSSR count). The predicted molar refractivity (Wildman–Crippen MR) is 60.4 cm³/mol. The summed E-state index contributed by atoms with van der Waals surface area (Å²) in [5.41, 5.74) is 0. The third-order valence-corrected chi connectivity index (χ3v) is 1.48. The molecule has 0 aliphatic heterocycles. The number of hydrogen-bond acceptors (Lipinski definition) is 0. The molecule has 0 aliphatic carbocycles. The van der Waals surface area contributed by atoms with E-state index < -0.39 is 0 Å². The van der Waals surface area contributed by atoms with Crippen molar-refractivity contribution < 1.29 is 162 Å². The minimum absolute atomic E-state index is 0. The Kier molecular flexibility index (Phi) is 144. The van der Waals surface area contributed by atoms with Gasteiger partial charge in [0.05, 0.1) is 0 Å². The Labute approximate surface area is 236 Å². The molecule has 0 spiro atoms. The first-order chi connectivity index (χ1) is 5.22. The van der Waals surface area contributed by atoms with Gasteiger partial charge in [-0.3, -0.25) is 0 Å². The van der Waals surface area contributed by atoms with Crippen molar-refractivity contribution in [1.29, 1.82) is 0 Å². The summed E-state index contributed by atoms with van der Waals surface area (Å²) >= 11 is 0. The Hall–Kier alpha value is 5.47. The molecule has 5 heteroatoms. The van der Waals surface area contributed by atoms with Gasteiger partial charge in [0.25, 0.3) is 0 Å². The quantitative estimate of drug-likeness (QED) is 0.370. The smallest absolute Gasteiger partial charge is 0.372 e. The maximum atomic E-state index is 3.81. The van der Waals surface area contributed by atoms with Crippen LogP contribution >= 0.6 is 0 Å². The van der Waals surface area contributed by atoms with Crippen molar-refractivity contribution in [2.24, 2.45) is 5.92 Å². The average Bonchev–Trinajstić information content (AvgIpc) is 1.90. The first kappa shape index (κ1) is 49.5. The van der Waals surface area contributed by atoms with Gasteiger partial charge in [-0.25, -0.2) is 0 Å². The number of rotatable bonds is 4. The van der Waals surface area contributed by atoms with Crippen molar-refractivity contribution in [1.82, 2.24) is 0 Å². The molecule has 4 radical (unpaired) electrons. The van der Waals surface area contributed by atoms with Crippen molar-refractivity contribution in [2.45, 2.75) is 46.0 Å². The van der Waals surface area contributed by atoms with Gasteiger partial charge in [0.15, 0.2) is 0 Å². The molecule has 0 saturated carbocycles. The first-order valence-electron chi connectivity index (χ1n) is 4.60. The molecule has 0 fully saturated rings. The Morgan fingerprint density at radius 1 is 0.882 bits per heavy atom. The van der Waals surface area contributed by atoms with Crippen LogP contribution in [0.25, 0.3) is 0 Å². The van der Waals surface area contributed by atoms with Crippen LogP contribution in [0.3, 0.4) is 0 Å². The van der Waals surface area contributed by atoms with Gasteiger partial charge in [-0.2, -0.15) is 6.42 Å². The van der Waals surface area contributed by atoms with E-state index in [1.54, 1.807) is 0 Å². The summed E-state index contributed by atoms with van der Waals surface area (Å²) in [5, 5.41) is 0. The zero-order chi connectivity index (χ0) is 9.11. The summed E-state index contributed by atoms with van der Waals surface area (Å²) in [6.45, 7) is 15.1. The Bertz CT molecular complexity index is 60.5. The third-order valence-electron chi connectivity index (χ3n) is 1.48. The van der Waals surface area contributed by atoms with Gasteiger partial charge in [-0.15, -0.1) is 0 Å². The molecule has 0 aromatic rings. The van der Waals surface area contributed by atoms with Crippen LogP contribution in [-0.2, 0) is 131 Å². The molecular weight excluding hydrogens is 738 g/mol. The fourth-order valence-electron chi connectivity index (χ4n) is 0.986. The molecule has 1 unspecified atom stereocenters. The Balaban J connectivity index is -0.0000000138. The van der Waals surface area contributed by atoms with Gasteiger partial charge >= 0.3 is 31.1 Å². The van der Waals surface area contributed by atoms with E-state index in [1.165, 1.54) is 19.3 Å². The second kappa shape index (κ2) is 49.6. The van der Waals surface area contributed by atoms with E-state index in [0.29, 0.717) is 0 Å². The SMILES string of the molecule is [CH2-]CCC(C)CCC.[CH2-]C[CH2-].[CH3-].[U+2].[Y].[Y].[Y].[Y]. The fourth-order valence-corrected chi connectivity index (χ4v) is 0.986. The van der Waals surface area contributed by atoms with Gasteiger partial charge in [-0.1, -0.05) is 33.1 Å². The first-order valence-corrected chi connectivity index (χ1v) is 4.60. The summed E-state index contributed by atoms with van der Waals surface area (Å²) in [7, 11) is 0. The summed E-state index contributed by atoms with van der Waals surface area (Å²) in [6.07, 6.45) is 5.84. The summed E-state index contributed by atoms with van der Waals surface area (Å²) < 4.78 is 0. The van der Waals surface area contributed by atoms with Crippen LogP contribution < -0.4 is 0 Å². The van der Waals surface area contributed by atoms with Crippen LogP contribution in [0.1, 0.15) is 46.0 Å². The topological polar surface area (TPSA) is 0 Å². The van der Waals surface area contributed by atoms with Gasteiger partial charge in [0.1, 0.15) is 0 Å². The van der Waals surface area contributed by atoms with Crippen molar-refractivity contribution in [3.63, 3.8) is 0 Å². The monoisotopic (exact) mass is 764 g/mol. The van der Waals surface area contributed by atoms with Crippen molar-refractivity contribution >= 4 is 0 Å². The van der Waals surface area contributed by atoms with Crippen molar-refractivity contribution in [3.05, 3.63) is 28.2 Å². The molecule has 0 aliphatic rings.